The number of allylic oxidation sites excluding steroid dienone is 2. The van der Waals surface area contributed by atoms with Gasteiger partial charge in [-0.05, 0) is 24.6 Å². The Morgan fingerprint density at radius 3 is 2.57 bits per heavy atom. The van der Waals surface area contributed by atoms with Gasteiger partial charge in [-0.25, -0.2) is 4.98 Å². The lowest BCUT2D eigenvalue weighted by atomic mass is 10.0. The highest BCUT2D eigenvalue weighted by Gasteiger charge is 2.35. The molecular weight excluding hydrogens is 369 g/mol. The molecule has 0 unspecified atom stereocenters. The molecule has 3 N–H and O–H groups in total. The normalized spacial score (nSPS) is 11.7. The van der Waals surface area contributed by atoms with Crippen molar-refractivity contribution in [1.82, 2.24) is 9.97 Å². The van der Waals surface area contributed by atoms with Gasteiger partial charge < -0.3 is 16.0 Å². The summed E-state index contributed by atoms with van der Waals surface area (Å²) in [5, 5.41) is 17.8. The van der Waals surface area contributed by atoms with Crippen LogP contribution in [0.1, 0.15) is 30.9 Å². The fourth-order valence-electron chi connectivity index (χ4n) is 2.54. The van der Waals surface area contributed by atoms with Gasteiger partial charge in [0.15, 0.2) is 0 Å². The molecule has 0 saturated heterocycles. The van der Waals surface area contributed by atoms with Gasteiger partial charge in [-0.3, -0.25) is 0 Å². The lowest BCUT2D eigenvalue weighted by molar-refractivity contribution is -0.137. The zero-order valence-corrected chi connectivity index (χ0v) is 15.8. The summed E-state index contributed by atoms with van der Waals surface area (Å²) < 4.78 is 38.9. The largest absolute Gasteiger partial charge is 0.421 e. The van der Waals surface area contributed by atoms with Crippen LogP contribution in [0, 0.1) is 11.3 Å². The molecular formula is C19H21F3N6. The van der Waals surface area contributed by atoms with E-state index in [9.17, 15) is 18.4 Å². The maximum Gasteiger partial charge on any atom is 0.421 e. The van der Waals surface area contributed by atoms with Crippen molar-refractivity contribution >= 4 is 28.7 Å². The predicted octanol–water partition coefficient (Wildman–Crippen LogP) is 5.03. The van der Waals surface area contributed by atoms with Crippen molar-refractivity contribution < 1.29 is 13.2 Å². The molecule has 0 bridgehead atoms. The van der Waals surface area contributed by atoms with Crippen LogP contribution in [0.15, 0.2) is 30.5 Å². The molecule has 0 saturated carbocycles. The SMILES string of the molecule is CCC/C=C(/C#N)c1ccc(Nc2ncc(C(F)(F)F)c(NC)n2)cc1NC. The molecule has 1 heterocycles. The van der Waals surface area contributed by atoms with E-state index in [1.807, 2.05) is 13.0 Å². The summed E-state index contributed by atoms with van der Waals surface area (Å²) in [5.41, 5.74) is 1.64. The minimum atomic E-state index is -4.55. The molecule has 1 aromatic heterocycles. The summed E-state index contributed by atoms with van der Waals surface area (Å²) in [5.74, 6) is -0.293. The fraction of sp³-hybridized carbons (Fsp3) is 0.316. The molecule has 2 rings (SSSR count). The highest BCUT2D eigenvalue weighted by molar-refractivity contribution is 5.85. The maximum atomic E-state index is 13.0. The third kappa shape index (κ3) is 4.91. The Morgan fingerprint density at radius 1 is 1.25 bits per heavy atom. The first kappa shape index (κ1) is 21.0. The number of anilines is 4. The van der Waals surface area contributed by atoms with Crippen molar-refractivity contribution in [2.45, 2.75) is 25.9 Å². The Morgan fingerprint density at radius 2 is 2.00 bits per heavy atom. The summed E-state index contributed by atoms with van der Waals surface area (Å²) >= 11 is 0. The van der Waals surface area contributed by atoms with Crippen LogP contribution in [0.3, 0.4) is 0 Å². The first-order chi connectivity index (χ1) is 13.3. The first-order valence-corrected chi connectivity index (χ1v) is 8.65. The second-order valence-electron chi connectivity index (χ2n) is 5.86. The minimum absolute atomic E-state index is 0.0224. The van der Waals surface area contributed by atoms with Crippen LogP contribution >= 0.6 is 0 Å². The number of nitrogens with one attached hydrogen (secondary N) is 3. The van der Waals surface area contributed by atoms with Crippen molar-refractivity contribution in [2.75, 3.05) is 30.0 Å². The second kappa shape index (κ2) is 9.08. The molecule has 0 amide bonds. The van der Waals surface area contributed by atoms with E-state index in [2.05, 4.69) is 32.0 Å². The van der Waals surface area contributed by atoms with Crippen LogP contribution in [-0.2, 0) is 6.18 Å². The summed E-state index contributed by atoms with van der Waals surface area (Å²) in [6, 6.07) is 7.42. The summed E-state index contributed by atoms with van der Waals surface area (Å²) in [4.78, 5) is 7.64. The van der Waals surface area contributed by atoms with Gasteiger partial charge >= 0.3 is 6.18 Å². The van der Waals surface area contributed by atoms with Gasteiger partial charge in [0.05, 0.1) is 11.6 Å². The quantitative estimate of drug-likeness (QED) is 0.575. The summed E-state index contributed by atoms with van der Waals surface area (Å²) in [6.45, 7) is 2.03. The van der Waals surface area contributed by atoms with Crippen molar-refractivity contribution in [3.05, 3.63) is 41.6 Å². The monoisotopic (exact) mass is 390 g/mol. The molecule has 2 aromatic rings. The lowest BCUT2D eigenvalue weighted by Crippen LogP contribution is -2.12. The zero-order chi connectivity index (χ0) is 20.7. The van der Waals surface area contributed by atoms with E-state index in [0.717, 1.165) is 24.6 Å². The molecule has 0 aliphatic rings. The van der Waals surface area contributed by atoms with Crippen LogP contribution in [0.5, 0.6) is 0 Å². The fourth-order valence-corrected chi connectivity index (χ4v) is 2.54. The Balaban J connectivity index is 2.34. The average Bonchev–Trinajstić information content (AvgIpc) is 2.68. The molecule has 9 heteroatoms. The Kier molecular flexibility index (Phi) is 6.82. The molecule has 148 valence electrons. The number of nitriles is 1. The number of halogens is 3. The average molecular weight is 390 g/mol. The number of alkyl halides is 3. The number of benzene rings is 1. The van der Waals surface area contributed by atoms with Crippen molar-refractivity contribution in [3.63, 3.8) is 0 Å². The van der Waals surface area contributed by atoms with Crippen LogP contribution in [0.4, 0.5) is 36.3 Å². The van der Waals surface area contributed by atoms with Gasteiger partial charge in [-0.1, -0.05) is 19.4 Å². The third-order valence-corrected chi connectivity index (χ3v) is 3.92. The van der Waals surface area contributed by atoms with Gasteiger partial charge in [-0.15, -0.1) is 0 Å². The summed E-state index contributed by atoms with van der Waals surface area (Å²) in [6.07, 6.45) is -0.218. The maximum absolute atomic E-state index is 13.0. The number of rotatable bonds is 7. The van der Waals surface area contributed by atoms with Gasteiger partial charge in [0.1, 0.15) is 11.4 Å². The van der Waals surface area contributed by atoms with Crippen LogP contribution < -0.4 is 16.0 Å². The van der Waals surface area contributed by atoms with Crippen molar-refractivity contribution in [1.29, 1.82) is 5.26 Å². The van der Waals surface area contributed by atoms with Gasteiger partial charge in [0.2, 0.25) is 5.95 Å². The smallest absolute Gasteiger partial charge is 0.388 e. The first-order valence-electron chi connectivity index (χ1n) is 8.65. The standard InChI is InChI=1S/C19H21F3N6/c1-4-5-6-12(10-23)14-8-7-13(9-16(14)24-2)27-18-26-11-15(19(20,21)22)17(25-3)28-18/h6-9,11,24H,4-5H2,1-3H3,(H2,25,26,27,28)/b12-6-. The Labute approximate surface area is 161 Å². The van der Waals surface area contributed by atoms with Crippen LogP contribution in [0.2, 0.25) is 0 Å². The molecule has 0 aliphatic heterocycles. The van der Waals surface area contributed by atoms with E-state index in [1.165, 1.54) is 7.05 Å². The summed E-state index contributed by atoms with van der Waals surface area (Å²) in [7, 11) is 3.09. The van der Waals surface area contributed by atoms with Crippen LogP contribution in [-0.4, -0.2) is 24.1 Å². The lowest BCUT2D eigenvalue weighted by Gasteiger charge is -2.14. The van der Waals surface area contributed by atoms with E-state index in [1.54, 1.807) is 25.2 Å². The third-order valence-electron chi connectivity index (χ3n) is 3.92. The highest BCUT2D eigenvalue weighted by Crippen LogP contribution is 2.34. The van der Waals surface area contributed by atoms with Crippen molar-refractivity contribution in [3.8, 4) is 6.07 Å². The van der Waals surface area contributed by atoms with Gasteiger partial charge in [0, 0.05) is 37.2 Å². The number of aromatic nitrogens is 2. The molecule has 6 nitrogen and oxygen atoms in total. The number of nitrogens with zero attached hydrogens (tertiary/aromatic N) is 3. The Hall–Kier alpha value is -3.28. The Bertz CT molecular complexity index is 900. The van der Waals surface area contributed by atoms with E-state index in [-0.39, 0.29) is 11.8 Å². The number of hydrogen-bond donors (Lipinski definition) is 3. The second-order valence-corrected chi connectivity index (χ2v) is 5.86. The van der Waals surface area contributed by atoms with E-state index in [4.69, 9.17) is 0 Å². The minimum Gasteiger partial charge on any atom is -0.388 e. The van der Waals surface area contributed by atoms with Gasteiger partial charge in [0.25, 0.3) is 0 Å². The van der Waals surface area contributed by atoms with E-state index >= 15 is 0 Å². The number of hydrogen-bond acceptors (Lipinski definition) is 6. The number of unbranched alkanes of at least 4 members (excludes halogenated alkanes) is 1. The molecule has 1 aromatic carbocycles. The zero-order valence-electron chi connectivity index (χ0n) is 15.8. The predicted molar refractivity (Wildman–Crippen MR) is 104 cm³/mol. The topological polar surface area (TPSA) is 85.7 Å². The molecule has 0 radical (unpaired) electrons. The van der Waals surface area contributed by atoms with Gasteiger partial charge in [-0.2, -0.15) is 23.4 Å². The molecule has 0 spiro atoms. The van der Waals surface area contributed by atoms with E-state index < -0.39 is 11.7 Å². The molecule has 0 aliphatic carbocycles. The molecule has 0 atom stereocenters. The van der Waals surface area contributed by atoms with Crippen molar-refractivity contribution in [2.24, 2.45) is 0 Å². The van der Waals surface area contributed by atoms with E-state index in [0.29, 0.717) is 16.9 Å². The molecule has 28 heavy (non-hydrogen) atoms. The van der Waals surface area contributed by atoms with Crippen LogP contribution in [0.25, 0.3) is 5.57 Å². The highest BCUT2D eigenvalue weighted by atomic mass is 19.4. The molecule has 0 fully saturated rings.